The molecule has 1 aromatic heterocycles. The van der Waals surface area contributed by atoms with Crippen LogP contribution in [-0.4, -0.2) is 39.6 Å². The molecule has 0 atom stereocenters. The van der Waals surface area contributed by atoms with E-state index in [9.17, 15) is 4.79 Å². The van der Waals surface area contributed by atoms with Crippen molar-refractivity contribution in [1.29, 1.82) is 0 Å². The summed E-state index contributed by atoms with van der Waals surface area (Å²) >= 11 is 1.68. The maximum absolute atomic E-state index is 11.0. The minimum absolute atomic E-state index is 0.396. The van der Waals surface area contributed by atoms with Gasteiger partial charge in [-0.1, -0.05) is 18.2 Å². The summed E-state index contributed by atoms with van der Waals surface area (Å²) in [5, 5.41) is 15.7. The van der Waals surface area contributed by atoms with Crippen molar-refractivity contribution in [3.05, 3.63) is 35.9 Å². The first kappa shape index (κ1) is 15.2. The Balaban J connectivity index is 2.37. The van der Waals surface area contributed by atoms with Gasteiger partial charge in [-0.15, -0.1) is 5.10 Å². The van der Waals surface area contributed by atoms with Crippen LogP contribution < -0.4 is 10.1 Å². The van der Waals surface area contributed by atoms with Crippen LogP contribution in [0.15, 0.2) is 30.3 Å². The number of anilines is 1. The van der Waals surface area contributed by atoms with E-state index in [0.29, 0.717) is 23.9 Å². The summed E-state index contributed by atoms with van der Waals surface area (Å²) in [6.07, 6.45) is 0.863. The maximum atomic E-state index is 11.0. The Bertz CT molecular complexity index is 613. The standard InChI is InChI=1S/C14H17N3O3S/c1-10-12(15-14(18)19)17(11-6-4-3-5-7-11)16-13(10)20-8-9-21-2/h3-7,15H,8-9H2,1-2H3,(H,18,19). The molecule has 2 N–H and O–H groups in total. The van der Waals surface area contributed by atoms with Crippen molar-refractivity contribution >= 4 is 23.7 Å². The van der Waals surface area contributed by atoms with Crippen LogP contribution in [0.2, 0.25) is 0 Å². The molecule has 2 aromatic rings. The van der Waals surface area contributed by atoms with Crippen LogP contribution >= 0.6 is 11.8 Å². The number of thioether (sulfide) groups is 1. The highest BCUT2D eigenvalue weighted by molar-refractivity contribution is 7.98. The number of amides is 1. The molecule has 21 heavy (non-hydrogen) atoms. The quantitative estimate of drug-likeness (QED) is 0.802. The van der Waals surface area contributed by atoms with Gasteiger partial charge in [0, 0.05) is 5.75 Å². The zero-order valence-electron chi connectivity index (χ0n) is 11.9. The summed E-state index contributed by atoms with van der Waals surface area (Å²) in [5.41, 5.74) is 1.44. The first-order valence-electron chi connectivity index (χ1n) is 6.40. The molecule has 0 fully saturated rings. The number of hydrogen-bond acceptors (Lipinski definition) is 4. The van der Waals surface area contributed by atoms with Crippen molar-refractivity contribution in [3.63, 3.8) is 0 Å². The molecule has 112 valence electrons. The number of para-hydroxylation sites is 1. The Morgan fingerprint density at radius 2 is 2.14 bits per heavy atom. The van der Waals surface area contributed by atoms with Crippen molar-refractivity contribution in [2.24, 2.45) is 0 Å². The number of ether oxygens (including phenoxy) is 1. The van der Waals surface area contributed by atoms with Crippen LogP contribution in [0.3, 0.4) is 0 Å². The lowest BCUT2D eigenvalue weighted by Gasteiger charge is -2.06. The molecule has 1 amide bonds. The molecule has 0 saturated carbocycles. The SMILES string of the molecule is CSCCOc1nn(-c2ccccc2)c(NC(=O)O)c1C. The molecule has 0 unspecified atom stereocenters. The van der Waals surface area contributed by atoms with E-state index in [4.69, 9.17) is 9.84 Å². The highest BCUT2D eigenvalue weighted by Gasteiger charge is 2.18. The fourth-order valence-electron chi connectivity index (χ4n) is 1.84. The Hall–Kier alpha value is -2.15. The van der Waals surface area contributed by atoms with Crippen molar-refractivity contribution in [1.82, 2.24) is 9.78 Å². The van der Waals surface area contributed by atoms with E-state index in [1.165, 1.54) is 4.68 Å². The Labute approximate surface area is 127 Å². The minimum atomic E-state index is -1.13. The predicted molar refractivity (Wildman–Crippen MR) is 83.8 cm³/mol. The zero-order valence-corrected chi connectivity index (χ0v) is 12.7. The second-order valence-electron chi connectivity index (χ2n) is 4.30. The van der Waals surface area contributed by atoms with Crippen molar-refractivity contribution in [2.75, 3.05) is 23.9 Å². The molecule has 6 nitrogen and oxygen atoms in total. The summed E-state index contributed by atoms with van der Waals surface area (Å²) in [4.78, 5) is 11.0. The Morgan fingerprint density at radius 1 is 1.43 bits per heavy atom. The number of nitrogens with one attached hydrogen (secondary N) is 1. The second-order valence-corrected chi connectivity index (χ2v) is 5.28. The largest absolute Gasteiger partial charge is 0.475 e. The van der Waals surface area contributed by atoms with E-state index in [0.717, 1.165) is 11.4 Å². The molecule has 0 aliphatic rings. The average molecular weight is 307 g/mol. The zero-order chi connectivity index (χ0) is 15.2. The van der Waals surface area contributed by atoms with Gasteiger partial charge in [0.25, 0.3) is 0 Å². The molecule has 1 heterocycles. The van der Waals surface area contributed by atoms with Gasteiger partial charge in [-0.2, -0.15) is 11.8 Å². The monoisotopic (exact) mass is 307 g/mol. The molecule has 0 radical (unpaired) electrons. The smallest absolute Gasteiger partial charge is 0.410 e. The molecule has 0 aliphatic carbocycles. The molecule has 2 rings (SSSR count). The summed E-state index contributed by atoms with van der Waals surface area (Å²) in [5.74, 6) is 1.68. The van der Waals surface area contributed by atoms with Crippen molar-refractivity contribution in [2.45, 2.75) is 6.92 Å². The molecular formula is C14H17N3O3S. The van der Waals surface area contributed by atoms with Crippen molar-refractivity contribution < 1.29 is 14.6 Å². The highest BCUT2D eigenvalue weighted by atomic mass is 32.2. The number of carboxylic acid groups (broad SMARTS) is 1. The number of aromatic nitrogens is 2. The van der Waals surface area contributed by atoms with E-state index in [1.54, 1.807) is 18.7 Å². The van der Waals surface area contributed by atoms with Gasteiger partial charge in [-0.3, -0.25) is 5.32 Å². The van der Waals surface area contributed by atoms with Crippen molar-refractivity contribution in [3.8, 4) is 11.6 Å². The van der Waals surface area contributed by atoms with Crippen LogP contribution in [0.4, 0.5) is 10.6 Å². The van der Waals surface area contributed by atoms with Gasteiger partial charge < -0.3 is 9.84 Å². The van der Waals surface area contributed by atoms with E-state index in [-0.39, 0.29) is 0 Å². The molecule has 0 saturated heterocycles. The van der Waals surface area contributed by atoms with Gasteiger partial charge in [0.1, 0.15) is 5.82 Å². The fourth-order valence-corrected chi connectivity index (χ4v) is 2.09. The number of benzene rings is 1. The van der Waals surface area contributed by atoms with Gasteiger partial charge in [0.05, 0.1) is 17.9 Å². The summed E-state index contributed by atoms with van der Waals surface area (Å²) in [6, 6.07) is 9.33. The second kappa shape index (κ2) is 7.03. The number of carbonyl (C=O) groups is 1. The lowest BCUT2D eigenvalue weighted by Crippen LogP contribution is -2.12. The lowest BCUT2D eigenvalue weighted by molar-refractivity contribution is 0.209. The lowest BCUT2D eigenvalue weighted by atomic mass is 10.3. The Morgan fingerprint density at radius 3 is 2.76 bits per heavy atom. The van der Waals surface area contributed by atoms with Gasteiger partial charge in [-0.05, 0) is 25.3 Å². The average Bonchev–Trinajstić information content (AvgIpc) is 2.77. The first-order valence-corrected chi connectivity index (χ1v) is 7.79. The van der Waals surface area contributed by atoms with Crippen LogP contribution in [0.1, 0.15) is 5.56 Å². The molecular weight excluding hydrogens is 290 g/mol. The topological polar surface area (TPSA) is 76.4 Å². The van der Waals surface area contributed by atoms with E-state index >= 15 is 0 Å². The number of hydrogen-bond donors (Lipinski definition) is 2. The fraction of sp³-hybridized carbons (Fsp3) is 0.286. The van der Waals surface area contributed by atoms with Gasteiger partial charge in [0.15, 0.2) is 0 Å². The molecule has 0 spiro atoms. The van der Waals surface area contributed by atoms with Gasteiger partial charge in [-0.25, -0.2) is 9.48 Å². The molecule has 0 aliphatic heterocycles. The normalized spacial score (nSPS) is 10.4. The van der Waals surface area contributed by atoms with Crippen LogP contribution in [0.5, 0.6) is 5.88 Å². The third kappa shape index (κ3) is 3.69. The summed E-state index contributed by atoms with van der Waals surface area (Å²) < 4.78 is 7.16. The minimum Gasteiger partial charge on any atom is -0.475 e. The summed E-state index contributed by atoms with van der Waals surface area (Å²) in [6.45, 7) is 2.31. The predicted octanol–water partition coefficient (Wildman–Crippen LogP) is 3.01. The molecule has 0 bridgehead atoms. The van der Waals surface area contributed by atoms with E-state index in [2.05, 4.69) is 10.4 Å². The molecule has 1 aromatic carbocycles. The third-order valence-electron chi connectivity index (χ3n) is 2.83. The Kier molecular flexibility index (Phi) is 5.10. The van der Waals surface area contributed by atoms with Crippen LogP contribution in [0.25, 0.3) is 5.69 Å². The summed E-state index contributed by atoms with van der Waals surface area (Å²) in [7, 11) is 0. The maximum Gasteiger partial charge on any atom is 0.410 e. The van der Waals surface area contributed by atoms with Crippen LogP contribution in [-0.2, 0) is 0 Å². The molecule has 7 heteroatoms. The van der Waals surface area contributed by atoms with E-state index in [1.807, 2.05) is 36.6 Å². The highest BCUT2D eigenvalue weighted by Crippen LogP contribution is 2.28. The number of nitrogens with zero attached hydrogens (tertiary/aromatic N) is 2. The first-order chi connectivity index (χ1) is 10.1. The van der Waals surface area contributed by atoms with Gasteiger partial charge >= 0.3 is 6.09 Å². The van der Waals surface area contributed by atoms with Crippen LogP contribution in [0, 0.1) is 6.92 Å². The third-order valence-corrected chi connectivity index (χ3v) is 3.41. The van der Waals surface area contributed by atoms with E-state index < -0.39 is 6.09 Å². The van der Waals surface area contributed by atoms with Gasteiger partial charge in [0.2, 0.25) is 5.88 Å². The number of rotatable bonds is 6.